The lowest BCUT2D eigenvalue weighted by Crippen LogP contribution is -2.24. The first-order valence-corrected chi connectivity index (χ1v) is 9.13. The van der Waals surface area contributed by atoms with Gasteiger partial charge in [-0.05, 0) is 61.4 Å². The van der Waals surface area contributed by atoms with Crippen molar-refractivity contribution >= 4 is 32.7 Å². The number of hydrogen-bond acceptors (Lipinski definition) is 3. The van der Waals surface area contributed by atoms with Crippen molar-refractivity contribution in [2.24, 2.45) is 0 Å². The zero-order valence-corrected chi connectivity index (χ0v) is 16.5. The van der Waals surface area contributed by atoms with Crippen molar-refractivity contribution in [1.82, 2.24) is 4.57 Å². The Kier molecular flexibility index (Phi) is 5.01. The maximum absolute atomic E-state index is 12.3. The van der Waals surface area contributed by atoms with Gasteiger partial charge in [-0.15, -0.1) is 0 Å². The number of aromatic nitrogens is 1. The first-order chi connectivity index (χ1) is 12.2. The number of esters is 1. The van der Waals surface area contributed by atoms with Crippen LogP contribution < -0.4 is 5.56 Å². The molecule has 1 heterocycles. The van der Waals surface area contributed by atoms with Gasteiger partial charge < -0.3 is 9.30 Å². The fourth-order valence-electron chi connectivity index (χ4n) is 2.64. The molecule has 0 aliphatic heterocycles. The second-order valence-corrected chi connectivity index (χ2v) is 8.13. The van der Waals surface area contributed by atoms with E-state index < -0.39 is 5.60 Å². The molecule has 0 aliphatic carbocycles. The highest BCUT2D eigenvalue weighted by Crippen LogP contribution is 2.19. The van der Waals surface area contributed by atoms with E-state index in [1.54, 1.807) is 22.8 Å². The topological polar surface area (TPSA) is 48.3 Å². The molecule has 0 amide bonds. The summed E-state index contributed by atoms with van der Waals surface area (Å²) >= 11 is 3.45. The highest BCUT2D eigenvalue weighted by Gasteiger charge is 2.17. The van der Waals surface area contributed by atoms with E-state index in [0.717, 1.165) is 20.8 Å². The van der Waals surface area contributed by atoms with Crippen molar-refractivity contribution in [1.29, 1.82) is 0 Å². The van der Waals surface area contributed by atoms with Crippen LogP contribution in [0, 0.1) is 0 Å². The normalized spacial score (nSPS) is 11.5. The molecule has 0 radical (unpaired) electrons. The van der Waals surface area contributed by atoms with Crippen LogP contribution in [0.15, 0.2) is 64.0 Å². The lowest BCUT2D eigenvalue weighted by Gasteiger charge is -2.19. The lowest BCUT2D eigenvalue weighted by molar-refractivity contribution is 0.00695. The fourth-order valence-corrected chi connectivity index (χ4v) is 3.02. The molecule has 4 nitrogen and oxygen atoms in total. The van der Waals surface area contributed by atoms with E-state index in [1.807, 2.05) is 57.3 Å². The number of nitrogens with zero attached hydrogens (tertiary/aromatic N) is 1. The minimum absolute atomic E-state index is 0.0592. The summed E-state index contributed by atoms with van der Waals surface area (Å²) in [5.41, 5.74) is 0.853. The zero-order chi connectivity index (χ0) is 18.9. The molecule has 0 aliphatic rings. The molecular formula is C21H20BrNO3. The molecule has 26 heavy (non-hydrogen) atoms. The number of ether oxygens (including phenoxy) is 1. The predicted octanol–water partition coefficient (Wildman–Crippen LogP) is 4.77. The molecule has 0 unspecified atom stereocenters. The van der Waals surface area contributed by atoms with Gasteiger partial charge in [0, 0.05) is 16.7 Å². The Labute approximate surface area is 160 Å². The molecule has 0 atom stereocenters. The van der Waals surface area contributed by atoms with Crippen molar-refractivity contribution in [3.8, 4) is 0 Å². The van der Waals surface area contributed by atoms with Gasteiger partial charge in [0.1, 0.15) is 5.60 Å². The van der Waals surface area contributed by atoms with E-state index >= 15 is 0 Å². The van der Waals surface area contributed by atoms with Crippen LogP contribution in [0.25, 0.3) is 10.8 Å². The second-order valence-electron chi connectivity index (χ2n) is 7.21. The van der Waals surface area contributed by atoms with Crippen LogP contribution in [-0.4, -0.2) is 16.1 Å². The van der Waals surface area contributed by atoms with E-state index in [0.29, 0.717) is 12.1 Å². The third kappa shape index (κ3) is 4.41. The average molecular weight is 414 g/mol. The van der Waals surface area contributed by atoms with Gasteiger partial charge in [-0.3, -0.25) is 4.79 Å². The molecule has 134 valence electrons. The van der Waals surface area contributed by atoms with E-state index in [9.17, 15) is 9.59 Å². The highest BCUT2D eigenvalue weighted by molar-refractivity contribution is 9.10. The number of carbonyl (C=O) groups is 1. The summed E-state index contributed by atoms with van der Waals surface area (Å²) in [7, 11) is 0. The van der Waals surface area contributed by atoms with Crippen LogP contribution in [0.4, 0.5) is 0 Å². The summed E-state index contributed by atoms with van der Waals surface area (Å²) in [5.74, 6) is -0.350. The van der Waals surface area contributed by atoms with Crippen molar-refractivity contribution in [3.63, 3.8) is 0 Å². The van der Waals surface area contributed by atoms with Gasteiger partial charge >= 0.3 is 5.97 Å². The van der Waals surface area contributed by atoms with Crippen molar-refractivity contribution < 1.29 is 9.53 Å². The monoisotopic (exact) mass is 413 g/mol. The van der Waals surface area contributed by atoms with E-state index in [-0.39, 0.29) is 11.5 Å². The first kappa shape index (κ1) is 18.4. The second kappa shape index (κ2) is 7.08. The third-order valence-corrected chi connectivity index (χ3v) is 4.34. The summed E-state index contributed by atoms with van der Waals surface area (Å²) in [6.07, 6.45) is 1.85. The molecule has 0 saturated carbocycles. The van der Waals surface area contributed by atoms with Crippen molar-refractivity contribution in [2.75, 3.05) is 0 Å². The quantitative estimate of drug-likeness (QED) is 0.581. The molecule has 0 N–H and O–H groups in total. The van der Waals surface area contributed by atoms with Crippen molar-refractivity contribution in [3.05, 3.63) is 80.7 Å². The highest BCUT2D eigenvalue weighted by atomic mass is 79.9. The Hall–Kier alpha value is -2.40. The molecule has 5 heteroatoms. The minimum atomic E-state index is -0.525. The van der Waals surface area contributed by atoms with Gasteiger partial charge in [0.15, 0.2) is 0 Å². The van der Waals surface area contributed by atoms with Gasteiger partial charge in [-0.1, -0.05) is 34.1 Å². The zero-order valence-electron chi connectivity index (χ0n) is 15.0. The van der Waals surface area contributed by atoms with Crippen LogP contribution in [0.1, 0.15) is 36.7 Å². The first-order valence-electron chi connectivity index (χ1n) is 8.33. The van der Waals surface area contributed by atoms with Crippen molar-refractivity contribution in [2.45, 2.75) is 32.9 Å². The smallest absolute Gasteiger partial charge is 0.338 e. The number of rotatable bonds is 3. The molecule has 0 spiro atoms. The van der Waals surface area contributed by atoms with Crippen LogP contribution in [-0.2, 0) is 11.3 Å². The summed E-state index contributed by atoms with van der Waals surface area (Å²) in [5, 5.41) is 1.90. The number of pyridine rings is 1. The van der Waals surface area contributed by atoms with Gasteiger partial charge in [0.2, 0.25) is 0 Å². The van der Waals surface area contributed by atoms with Gasteiger partial charge in [0.05, 0.1) is 12.1 Å². The molecule has 3 rings (SSSR count). The van der Waals surface area contributed by atoms with Gasteiger partial charge in [-0.25, -0.2) is 4.79 Å². The Balaban J connectivity index is 1.83. The van der Waals surface area contributed by atoms with Crippen LogP contribution in [0.3, 0.4) is 0 Å². The molecule has 0 bridgehead atoms. The molecule has 3 aromatic rings. The number of carbonyl (C=O) groups excluding carboxylic acids is 1. The fraction of sp³-hybridized carbons (Fsp3) is 0.238. The lowest BCUT2D eigenvalue weighted by atomic mass is 10.1. The number of fused-ring (bicyclic) bond motifs is 1. The number of halogens is 1. The van der Waals surface area contributed by atoms with Crippen LogP contribution in [0.2, 0.25) is 0 Å². The summed E-state index contributed by atoms with van der Waals surface area (Å²) < 4.78 is 8.00. The Bertz CT molecular complexity index is 1010. The SMILES string of the molecule is CC(C)(C)OC(=O)c1ccc(Cn2cc3cc(Br)ccc3cc2=O)cc1. The largest absolute Gasteiger partial charge is 0.456 e. The Morgan fingerprint density at radius 3 is 2.38 bits per heavy atom. The van der Waals surface area contributed by atoms with E-state index in [2.05, 4.69) is 15.9 Å². The summed E-state index contributed by atoms with van der Waals surface area (Å²) in [6.45, 7) is 5.95. The Morgan fingerprint density at radius 1 is 1.04 bits per heavy atom. The predicted molar refractivity (Wildman–Crippen MR) is 107 cm³/mol. The number of hydrogen-bond donors (Lipinski definition) is 0. The van der Waals surface area contributed by atoms with Crippen LogP contribution in [0.5, 0.6) is 0 Å². The maximum Gasteiger partial charge on any atom is 0.338 e. The van der Waals surface area contributed by atoms with E-state index in [1.165, 1.54) is 0 Å². The maximum atomic E-state index is 12.3. The minimum Gasteiger partial charge on any atom is -0.456 e. The molecular weight excluding hydrogens is 394 g/mol. The molecule has 0 fully saturated rings. The Morgan fingerprint density at radius 2 is 1.73 bits per heavy atom. The number of benzene rings is 2. The van der Waals surface area contributed by atoms with Gasteiger partial charge in [-0.2, -0.15) is 0 Å². The summed E-state index contributed by atoms with van der Waals surface area (Å²) in [6, 6.07) is 14.6. The third-order valence-electron chi connectivity index (χ3n) is 3.85. The molecule has 0 saturated heterocycles. The van der Waals surface area contributed by atoms with Crippen LogP contribution >= 0.6 is 15.9 Å². The van der Waals surface area contributed by atoms with Gasteiger partial charge in [0.25, 0.3) is 5.56 Å². The molecule has 2 aromatic carbocycles. The summed E-state index contributed by atoms with van der Waals surface area (Å²) in [4.78, 5) is 24.4. The molecule has 1 aromatic heterocycles. The average Bonchev–Trinajstić information content (AvgIpc) is 2.55. The van der Waals surface area contributed by atoms with E-state index in [4.69, 9.17) is 4.74 Å². The standard InChI is InChI=1S/C21H20BrNO3/c1-21(2,3)26-20(25)15-6-4-14(5-7-15)12-23-13-17-10-18(22)9-8-16(17)11-19(23)24/h4-11,13H,12H2,1-3H3.